The maximum absolute atomic E-state index is 9.56. The standard InChI is InChI=1S/C18H28N2O/c1-19-10-6-17(7-11-19)16-4-2-15(3-5-16)14-20-12-8-18(21)9-13-20/h2-5,17-18,21H,6-14H2,1H3. The summed E-state index contributed by atoms with van der Waals surface area (Å²) in [5.74, 6) is 0.750. The minimum atomic E-state index is -0.0759. The molecule has 2 saturated heterocycles. The first-order valence-corrected chi connectivity index (χ1v) is 8.38. The SMILES string of the molecule is CN1CCC(c2ccc(CN3CCC(O)CC3)cc2)CC1. The molecule has 0 spiro atoms. The molecule has 2 aliphatic rings. The number of aliphatic hydroxyl groups excluding tert-OH is 1. The summed E-state index contributed by atoms with van der Waals surface area (Å²) in [6.07, 6.45) is 4.36. The van der Waals surface area contributed by atoms with Crippen LogP contribution in [-0.2, 0) is 6.54 Å². The minimum absolute atomic E-state index is 0.0759. The van der Waals surface area contributed by atoms with E-state index in [1.54, 1.807) is 0 Å². The Labute approximate surface area is 128 Å². The van der Waals surface area contributed by atoms with Crippen LogP contribution in [-0.4, -0.2) is 54.2 Å². The van der Waals surface area contributed by atoms with Gasteiger partial charge < -0.3 is 10.0 Å². The van der Waals surface area contributed by atoms with Gasteiger partial charge in [-0.1, -0.05) is 24.3 Å². The van der Waals surface area contributed by atoms with Crippen molar-refractivity contribution < 1.29 is 5.11 Å². The van der Waals surface area contributed by atoms with Gasteiger partial charge in [0.2, 0.25) is 0 Å². The third-order valence-electron chi connectivity index (χ3n) is 5.13. The number of rotatable bonds is 3. The van der Waals surface area contributed by atoms with Crippen LogP contribution in [0.25, 0.3) is 0 Å². The maximum Gasteiger partial charge on any atom is 0.0564 e. The monoisotopic (exact) mass is 288 g/mol. The molecule has 0 unspecified atom stereocenters. The van der Waals surface area contributed by atoms with Crippen molar-refractivity contribution in [3.05, 3.63) is 35.4 Å². The molecule has 3 nitrogen and oxygen atoms in total. The Morgan fingerprint density at radius 1 is 0.952 bits per heavy atom. The zero-order chi connectivity index (χ0) is 14.7. The van der Waals surface area contributed by atoms with Gasteiger partial charge in [-0.05, 0) is 62.9 Å². The summed E-state index contributed by atoms with van der Waals surface area (Å²) >= 11 is 0. The molecule has 0 atom stereocenters. The topological polar surface area (TPSA) is 26.7 Å². The van der Waals surface area contributed by atoms with Crippen molar-refractivity contribution in [2.45, 2.75) is 44.2 Å². The second kappa shape index (κ2) is 6.91. The molecule has 2 aliphatic heterocycles. The summed E-state index contributed by atoms with van der Waals surface area (Å²) in [5.41, 5.74) is 2.92. The van der Waals surface area contributed by atoms with Gasteiger partial charge in [0, 0.05) is 19.6 Å². The Kier molecular flexibility index (Phi) is 4.94. The van der Waals surface area contributed by atoms with Gasteiger partial charge in [-0.25, -0.2) is 0 Å². The molecule has 0 bridgehead atoms. The van der Waals surface area contributed by atoms with E-state index >= 15 is 0 Å². The quantitative estimate of drug-likeness (QED) is 0.925. The summed E-state index contributed by atoms with van der Waals surface area (Å²) in [7, 11) is 2.22. The summed E-state index contributed by atoms with van der Waals surface area (Å²) in [6.45, 7) is 5.53. The third-order valence-corrected chi connectivity index (χ3v) is 5.13. The second-order valence-electron chi connectivity index (χ2n) is 6.83. The predicted octanol–water partition coefficient (Wildman–Crippen LogP) is 2.45. The normalized spacial score (nSPS) is 23.5. The molecule has 2 fully saturated rings. The van der Waals surface area contributed by atoms with Crippen LogP contribution in [0.2, 0.25) is 0 Å². The summed E-state index contributed by atoms with van der Waals surface area (Å²) in [4.78, 5) is 4.88. The Morgan fingerprint density at radius 3 is 2.19 bits per heavy atom. The Hall–Kier alpha value is -0.900. The molecular formula is C18H28N2O. The van der Waals surface area contributed by atoms with Gasteiger partial charge in [-0.2, -0.15) is 0 Å². The summed E-state index contributed by atoms with van der Waals surface area (Å²) in [5, 5.41) is 9.56. The lowest BCUT2D eigenvalue weighted by molar-refractivity contribution is 0.0792. The van der Waals surface area contributed by atoms with Crippen LogP contribution in [0.5, 0.6) is 0 Å². The van der Waals surface area contributed by atoms with Crippen LogP contribution in [0.3, 0.4) is 0 Å². The van der Waals surface area contributed by atoms with Crippen LogP contribution >= 0.6 is 0 Å². The summed E-state index contributed by atoms with van der Waals surface area (Å²) in [6, 6.07) is 9.28. The first-order valence-electron chi connectivity index (χ1n) is 8.38. The van der Waals surface area contributed by atoms with Gasteiger partial charge in [-0.3, -0.25) is 4.90 Å². The van der Waals surface area contributed by atoms with E-state index in [0.717, 1.165) is 38.4 Å². The third kappa shape index (κ3) is 4.06. The average molecular weight is 288 g/mol. The molecular weight excluding hydrogens is 260 g/mol. The Bertz CT molecular complexity index is 429. The van der Waals surface area contributed by atoms with Gasteiger partial charge in [0.25, 0.3) is 0 Å². The molecule has 0 aliphatic carbocycles. The minimum Gasteiger partial charge on any atom is -0.393 e. The number of hydrogen-bond acceptors (Lipinski definition) is 3. The van der Waals surface area contributed by atoms with Crippen LogP contribution in [0.1, 0.15) is 42.7 Å². The molecule has 1 N–H and O–H groups in total. The number of piperidine rings is 2. The van der Waals surface area contributed by atoms with Crippen LogP contribution in [0.4, 0.5) is 0 Å². The number of hydrogen-bond donors (Lipinski definition) is 1. The number of likely N-dealkylation sites (tertiary alicyclic amines) is 2. The van der Waals surface area contributed by atoms with E-state index in [-0.39, 0.29) is 6.10 Å². The Balaban J connectivity index is 1.54. The average Bonchev–Trinajstić information content (AvgIpc) is 2.51. The molecule has 3 rings (SSSR count). The molecule has 21 heavy (non-hydrogen) atoms. The zero-order valence-corrected chi connectivity index (χ0v) is 13.2. The lowest BCUT2D eigenvalue weighted by atomic mass is 9.89. The first kappa shape index (κ1) is 15.0. The summed E-state index contributed by atoms with van der Waals surface area (Å²) < 4.78 is 0. The highest BCUT2D eigenvalue weighted by molar-refractivity contribution is 5.26. The van der Waals surface area contributed by atoms with Gasteiger partial charge in [0.1, 0.15) is 0 Å². The van der Waals surface area contributed by atoms with Crippen molar-refractivity contribution in [2.24, 2.45) is 0 Å². The van der Waals surface area contributed by atoms with Crippen LogP contribution in [0, 0.1) is 0 Å². The lowest BCUT2D eigenvalue weighted by Gasteiger charge is -2.30. The van der Waals surface area contributed by atoms with Gasteiger partial charge in [0.05, 0.1) is 6.10 Å². The highest BCUT2D eigenvalue weighted by Crippen LogP contribution is 2.27. The predicted molar refractivity (Wildman–Crippen MR) is 86.4 cm³/mol. The van der Waals surface area contributed by atoms with E-state index in [4.69, 9.17) is 0 Å². The van der Waals surface area contributed by atoms with Gasteiger partial charge in [0.15, 0.2) is 0 Å². The van der Waals surface area contributed by atoms with Crippen molar-refractivity contribution in [3.8, 4) is 0 Å². The highest BCUT2D eigenvalue weighted by Gasteiger charge is 2.19. The number of nitrogens with zero attached hydrogens (tertiary/aromatic N) is 2. The molecule has 0 saturated carbocycles. The zero-order valence-electron chi connectivity index (χ0n) is 13.2. The van der Waals surface area contributed by atoms with Crippen LogP contribution < -0.4 is 0 Å². The van der Waals surface area contributed by atoms with E-state index in [1.165, 1.54) is 37.1 Å². The van der Waals surface area contributed by atoms with E-state index < -0.39 is 0 Å². The van der Waals surface area contributed by atoms with E-state index in [9.17, 15) is 5.11 Å². The largest absolute Gasteiger partial charge is 0.393 e. The van der Waals surface area contributed by atoms with E-state index in [2.05, 4.69) is 41.1 Å². The fraction of sp³-hybridized carbons (Fsp3) is 0.667. The fourth-order valence-corrected chi connectivity index (χ4v) is 3.57. The smallest absolute Gasteiger partial charge is 0.0564 e. The molecule has 2 heterocycles. The molecule has 0 aromatic heterocycles. The van der Waals surface area contributed by atoms with Crippen molar-refractivity contribution in [2.75, 3.05) is 33.2 Å². The lowest BCUT2D eigenvalue weighted by Crippen LogP contribution is -2.35. The van der Waals surface area contributed by atoms with Crippen molar-refractivity contribution in [3.63, 3.8) is 0 Å². The van der Waals surface area contributed by atoms with E-state index in [0.29, 0.717) is 0 Å². The molecule has 0 amide bonds. The van der Waals surface area contributed by atoms with Crippen molar-refractivity contribution in [1.82, 2.24) is 9.80 Å². The second-order valence-corrected chi connectivity index (χ2v) is 6.83. The van der Waals surface area contributed by atoms with Crippen molar-refractivity contribution in [1.29, 1.82) is 0 Å². The van der Waals surface area contributed by atoms with Crippen molar-refractivity contribution >= 4 is 0 Å². The first-order chi connectivity index (χ1) is 10.2. The van der Waals surface area contributed by atoms with Gasteiger partial charge >= 0.3 is 0 Å². The molecule has 1 aromatic rings. The van der Waals surface area contributed by atoms with Crippen LogP contribution in [0.15, 0.2) is 24.3 Å². The number of benzene rings is 1. The number of aliphatic hydroxyl groups is 1. The highest BCUT2D eigenvalue weighted by atomic mass is 16.3. The Morgan fingerprint density at radius 2 is 1.57 bits per heavy atom. The van der Waals surface area contributed by atoms with Gasteiger partial charge in [-0.15, -0.1) is 0 Å². The molecule has 3 heteroatoms. The molecule has 1 aromatic carbocycles. The maximum atomic E-state index is 9.56. The fourth-order valence-electron chi connectivity index (χ4n) is 3.57. The van der Waals surface area contributed by atoms with E-state index in [1.807, 2.05) is 0 Å². The molecule has 0 radical (unpaired) electrons. The molecule has 116 valence electrons.